The minimum atomic E-state index is -3.22. The highest BCUT2D eigenvalue weighted by molar-refractivity contribution is 7.88. The molecular formula is C19H27FN4O3S. The minimum Gasteiger partial charge on any atom is -0.356 e. The molecule has 0 fully saturated rings. The maximum atomic E-state index is 13.1. The molecule has 9 heteroatoms. The SMILES string of the molecule is CCN(CCCNC(=O)Cc1c(C)nn(-c2ccc(F)cc2)c1C)S(C)(=O)=O. The van der Waals surface area contributed by atoms with E-state index in [1.165, 1.54) is 22.7 Å². The average molecular weight is 411 g/mol. The number of amides is 1. The second-order valence-corrected chi connectivity index (χ2v) is 8.65. The van der Waals surface area contributed by atoms with Crippen LogP contribution in [0.2, 0.25) is 0 Å². The lowest BCUT2D eigenvalue weighted by molar-refractivity contribution is -0.120. The van der Waals surface area contributed by atoms with Gasteiger partial charge in [0.1, 0.15) is 5.82 Å². The molecule has 28 heavy (non-hydrogen) atoms. The van der Waals surface area contributed by atoms with Crippen molar-refractivity contribution in [3.8, 4) is 5.69 Å². The molecule has 1 amide bonds. The van der Waals surface area contributed by atoms with Gasteiger partial charge in [0, 0.05) is 30.9 Å². The van der Waals surface area contributed by atoms with E-state index in [0.29, 0.717) is 26.1 Å². The number of nitrogens with one attached hydrogen (secondary N) is 1. The van der Waals surface area contributed by atoms with Gasteiger partial charge in [-0.1, -0.05) is 6.92 Å². The number of aryl methyl sites for hydroxylation is 1. The van der Waals surface area contributed by atoms with Crippen LogP contribution < -0.4 is 5.32 Å². The standard InChI is InChI=1S/C19H27FN4O3S/c1-5-23(28(4,26)27)12-6-11-21-19(25)13-18-14(2)22-24(15(18)3)17-9-7-16(20)8-10-17/h7-10H,5-6,11-13H2,1-4H3,(H,21,25). The van der Waals surface area contributed by atoms with Gasteiger partial charge in [-0.15, -0.1) is 0 Å². The zero-order valence-electron chi connectivity index (χ0n) is 16.7. The van der Waals surface area contributed by atoms with Crippen LogP contribution >= 0.6 is 0 Å². The molecule has 0 unspecified atom stereocenters. The van der Waals surface area contributed by atoms with Crippen molar-refractivity contribution in [1.82, 2.24) is 19.4 Å². The third-order valence-corrected chi connectivity index (χ3v) is 5.96. The fraction of sp³-hybridized carbons (Fsp3) is 0.474. The van der Waals surface area contributed by atoms with E-state index in [2.05, 4.69) is 10.4 Å². The summed E-state index contributed by atoms with van der Waals surface area (Å²) in [6.07, 6.45) is 1.90. The van der Waals surface area contributed by atoms with E-state index in [1.807, 2.05) is 13.8 Å². The number of carbonyl (C=O) groups is 1. The summed E-state index contributed by atoms with van der Waals surface area (Å²) in [6, 6.07) is 6.02. The van der Waals surface area contributed by atoms with Gasteiger partial charge in [0.25, 0.3) is 0 Å². The summed E-state index contributed by atoms with van der Waals surface area (Å²) in [5.74, 6) is -0.463. The summed E-state index contributed by atoms with van der Waals surface area (Å²) < 4.78 is 39.3. The Hall–Kier alpha value is -2.26. The first kappa shape index (κ1) is 22.0. The first-order valence-corrected chi connectivity index (χ1v) is 11.0. The van der Waals surface area contributed by atoms with Crippen LogP contribution in [0.4, 0.5) is 4.39 Å². The Labute approximate surface area is 165 Å². The zero-order valence-corrected chi connectivity index (χ0v) is 17.5. The average Bonchev–Trinajstić information content (AvgIpc) is 2.89. The fourth-order valence-electron chi connectivity index (χ4n) is 3.03. The monoisotopic (exact) mass is 410 g/mol. The smallest absolute Gasteiger partial charge is 0.224 e. The van der Waals surface area contributed by atoms with Gasteiger partial charge in [-0.3, -0.25) is 4.79 Å². The van der Waals surface area contributed by atoms with Gasteiger partial charge >= 0.3 is 0 Å². The second-order valence-electron chi connectivity index (χ2n) is 6.67. The van der Waals surface area contributed by atoms with Crippen LogP contribution in [-0.4, -0.2) is 54.3 Å². The maximum absolute atomic E-state index is 13.1. The van der Waals surface area contributed by atoms with Gasteiger partial charge in [0.15, 0.2) is 0 Å². The van der Waals surface area contributed by atoms with E-state index < -0.39 is 10.0 Å². The first-order chi connectivity index (χ1) is 13.1. The number of hydrogen-bond acceptors (Lipinski definition) is 4. The predicted octanol–water partition coefficient (Wildman–Crippen LogP) is 1.96. The van der Waals surface area contributed by atoms with E-state index in [1.54, 1.807) is 23.7 Å². The molecule has 1 aromatic heterocycles. The summed E-state index contributed by atoms with van der Waals surface area (Å²) in [5.41, 5.74) is 3.13. The third-order valence-electron chi connectivity index (χ3n) is 4.58. The highest BCUT2D eigenvalue weighted by atomic mass is 32.2. The number of halogens is 1. The molecule has 7 nitrogen and oxygen atoms in total. The van der Waals surface area contributed by atoms with Crippen LogP contribution in [-0.2, 0) is 21.2 Å². The molecule has 0 saturated carbocycles. The second kappa shape index (κ2) is 9.29. The van der Waals surface area contributed by atoms with E-state index in [-0.39, 0.29) is 18.1 Å². The van der Waals surface area contributed by atoms with Crippen molar-refractivity contribution in [2.24, 2.45) is 0 Å². The van der Waals surface area contributed by atoms with Crippen molar-refractivity contribution in [2.45, 2.75) is 33.6 Å². The molecule has 0 saturated heterocycles. The van der Waals surface area contributed by atoms with Crippen LogP contribution in [0.3, 0.4) is 0 Å². The molecule has 0 bridgehead atoms. The number of aromatic nitrogens is 2. The Kier molecular flexibility index (Phi) is 7.31. The fourth-order valence-corrected chi connectivity index (χ4v) is 3.96. The third kappa shape index (κ3) is 5.62. The summed E-state index contributed by atoms with van der Waals surface area (Å²) in [5, 5.41) is 7.29. The topological polar surface area (TPSA) is 84.3 Å². The van der Waals surface area contributed by atoms with Crippen molar-refractivity contribution in [1.29, 1.82) is 0 Å². The van der Waals surface area contributed by atoms with Gasteiger partial charge in [-0.25, -0.2) is 21.8 Å². The van der Waals surface area contributed by atoms with E-state index >= 15 is 0 Å². The molecule has 1 aromatic carbocycles. The summed E-state index contributed by atoms with van der Waals surface area (Å²) in [7, 11) is -3.22. The number of sulfonamides is 1. The molecule has 0 radical (unpaired) electrons. The maximum Gasteiger partial charge on any atom is 0.224 e. The lowest BCUT2D eigenvalue weighted by Gasteiger charge is -2.17. The molecule has 0 spiro atoms. The van der Waals surface area contributed by atoms with E-state index in [0.717, 1.165) is 22.6 Å². The predicted molar refractivity (Wildman–Crippen MR) is 106 cm³/mol. The van der Waals surface area contributed by atoms with Gasteiger partial charge in [0.2, 0.25) is 15.9 Å². The van der Waals surface area contributed by atoms with Gasteiger partial charge in [-0.05, 0) is 44.5 Å². The Balaban J connectivity index is 1.95. The Morgan fingerprint density at radius 1 is 1.25 bits per heavy atom. The zero-order chi connectivity index (χ0) is 20.9. The van der Waals surface area contributed by atoms with Crippen LogP contribution in [0.1, 0.15) is 30.3 Å². The Morgan fingerprint density at radius 2 is 1.89 bits per heavy atom. The van der Waals surface area contributed by atoms with Crippen molar-refractivity contribution >= 4 is 15.9 Å². The van der Waals surface area contributed by atoms with Crippen molar-refractivity contribution < 1.29 is 17.6 Å². The molecule has 0 aliphatic heterocycles. The van der Waals surface area contributed by atoms with Gasteiger partial charge in [-0.2, -0.15) is 5.10 Å². The lowest BCUT2D eigenvalue weighted by Crippen LogP contribution is -2.34. The molecule has 0 aliphatic carbocycles. The first-order valence-electron chi connectivity index (χ1n) is 9.16. The number of carbonyl (C=O) groups excluding carboxylic acids is 1. The van der Waals surface area contributed by atoms with Crippen LogP contribution in [0.15, 0.2) is 24.3 Å². The Morgan fingerprint density at radius 3 is 2.46 bits per heavy atom. The highest BCUT2D eigenvalue weighted by Gasteiger charge is 2.17. The largest absolute Gasteiger partial charge is 0.356 e. The summed E-state index contributed by atoms with van der Waals surface area (Å²) in [4.78, 5) is 12.3. The van der Waals surface area contributed by atoms with Crippen molar-refractivity contribution in [3.63, 3.8) is 0 Å². The van der Waals surface area contributed by atoms with Crippen LogP contribution in [0.5, 0.6) is 0 Å². The number of nitrogens with zero attached hydrogens (tertiary/aromatic N) is 3. The molecule has 2 rings (SSSR count). The molecule has 1 N–H and O–H groups in total. The van der Waals surface area contributed by atoms with E-state index in [4.69, 9.17) is 0 Å². The lowest BCUT2D eigenvalue weighted by atomic mass is 10.1. The van der Waals surface area contributed by atoms with E-state index in [9.17, 15) is 17.6 Å². The van der Waals surface area contributed by atoms with Crippen molar-refractivity contribution in [2.75, 3.05) is 25.9 Å². The molecular weight excluding hydrogens is 383 g/mol. The number of hydrogen-bond donors (Lipinski definition) is 1. The quantitative estimate of drug-likeness (QED) is 0.641. The Bertz CT molecular complexity index is 923. The van der Waals surface area contributed by atoms with Crippen LogP contribution in [0.25, 0.3) is 5.69 Å². The summed E-state index contributed by atoms with van der Waals surface area (Å²) in [6.45, 7) is 6.67. The molecule has 154 valence electrons. The normalized spacial score (nSPS) is 11.8. The van der Waals surface area contributed by atoms with Gasteiger partial charge < -0.3 is 5.32 Å². The summed E-state index contributed by atoms with van der Waals surface area (Å²) >= 11 is 0. The minimum absolute atomic E-state index is 0.146. The number of benzene rings is 1. The van der Waals surface area contributed by atoms with Crippen LogP contribution in [0, 0.1) is 19.7 Å². The molecule has 1 heterocycles. The molecule has 0 atom stereocenters. The number of rotatable bonds is 9. The van der Waals surface area contributed by atoms with Gasteiger partial charge in [0.05, 0.1) is 24.1 Å². The van der Waals surface area contributed by atoms with Crippen molar-refractivity contribution in [3.05, 3.63) is 47.0 Å². The highest BCUT2D eigenvalue weighted by Crippen LogP contribution is 2.18. The molecule has 2 aromatic rings. The molecule has 0 aliphatic rings.